The number of nitrogens with zero attached hydrogens (tertiary/aromatic N) is 4. The number of hydrogen-bond donors (Lipinski definition) is 1. The number of para-hydroxylation sites is 2. The number of fused-ring (bicyclic) bond motifs is 1. The second-order valence-electron chi connectivity index (χ2n) is 6.82. The van der Waals surface area contributed by atoms with Crippen molar-refractivity contribution in [1.82, 2.24) is 15.2 Å². The summed E-state index contributed by atoms with van der Waals surface area (Å²) in [5.74, 6) is 0.697. The number of guanidine groups is 1. The van der Waals surface area contributed by atoms with Crippen molar-refractivity contribution >= 4 is 46.5 Å². The molecule has 1 aliphatic rings. The molecule has 0 saturated carbocycles. The monoisotopic (exact) mass is 505 g/mol. The van der Waals surface area contributed by atoms with Crippen molar-refractivity contribution in [3.63, 3.8) is 0 Å². The van der Waals surface area contributed by atoms with Crippen molar-refractivity contribution < 1.29 is 4.39 Å². The second-order valence-corrected chi connectivity index (χ2v) is 6.82. The Bertz CT molecular complexity index is 980. The standard InChI is InChI=1S/C22H24FN5.HI/c1-24-22(26-16-18-7-4-6-17-8-5-11-25-21(17)18)28-14-12-27(13-15-28)20-10-3-2-9-19(20)23;/h2-11H,12-16H2,1H3,(H,24,26);1H. The van der Waals surface area contributed by atoms with Crippen LogP contribution in [0.4, 0.5) is 10.1 Å². The van der Waals surface area contributed by atoms with Crippen LogP contribution < -0.4 is 10.2 Å². The molecule has 0 unspecified atom stereocenters. The predicted molar refractivity (Wildman–Crippen MR) is 128 cm³/mol. The first kappa shape index (κ1) is 21.3. The molecule has 152 valence electrons. The molecule has 1 aliphatic heterocycles. The number of hydrogen-bond acceptors (Lipinski definition) is 3. The lowest BCUT2D eigenvalue weighted by molar-refractivity contribution is 0.370. The van der Waals surface area contributed by atoms with Gasteiger partial charge in [-0.3, -0.25) is 9.98 Å². The van der Waals surface area contributed by atoms with Crippen LogP contribution in [-0.2, 0) is 6.54 Å². The van der Waals surface area contributed by atoms with Crippen LogP contribution in [0, 0.1) is 5.82 Å². The Kier molecular flexibility index (Phi) is 7.24. The van der Waals surface area contributed by atoms with Crippen molar-refractivity contribution in [2.24, 2.45) is 4.99 Å². The van der Waals surface area contributed by atoms with Gasteiger partial charge in [-0.25, -0.2) is 4.39 Å². The van der Waals surface area contributed by atoms with E-state index in [0.717, 1.165) is 48.6 Å². The van der Waals surface area contributed by atoms with Gasteiger partial charge in [0, 0.05) is 51.4 Å². The molecule has 7 heteroatoms. The molecule has 0 spiro atoms. The van der Waals surface area contributed by atoms with E-state index in [4.69, 9.17) is 0 Å². The van der Waals surface area contributed by atoms with E-state index < -0.39 is 0 Å². The number of aromatic nitrogens is 1. The van der Waals surface area contributed by atoms with E-state index in [-0.39, 0.29) is 29.8 Å². The number of anilines is 1. The number of aliphatic imine (C=N–C) groups is 1. The first-order chi connectivity index (χ1) is 13.8. The molecule has 1 saturated heterocycles. The molecule has 0 amide bonds. The average Bonchev–Trinajstić information content (AvgIpc) is 2.75. The summed E-state index contributed by atoms with van der Waals surface area (Å²) in [6, 6.07) is 17.2. The molecule has 5 nitrogen and oxygen atoms in total. The Morgan fingerprint density at radius 2 is 1.79 bits per heavy atom. The fourth-order valence-corrected chi connectivity index (χ4v) is 3.68. The maximum Gasteiger partial charge on any atom is 0.194 e. The van der Waals surface area contributed by atoms with Crippen LogP contribution in [0.1, 0.15) is 5.56 Å². The third kappa shape index (κ3) is 4.77. The summed E-state index contributed by atoms with van der Waals surface area (Å²) in [4.78, 5) is 13.3. The summed E-state index contributed by atoms with van der Waals surface area (Å²) in [5, 5.41) is 4.59. The van der Waals surface area contributed by atoms with Crippen LogP contribution >= 0.6 is 24.0 Å². The van der Waals surface area contributed by atoms with Gasteiger partial charge in [-0.15, -0.1) is 24.0 Å². The van der Waals surface area contributed by atoms with Crippen molar-refractivity contribution in [2.45, 2.75) is 6.54 Å². The molecule has 29 heavy (non-hydrogen) atoms. The van der Waals surface area contributed by atoms with Crippen LogP contribution in [0.15, 0.2) is 65.8 Å². The van der Waals surface area contributed by atoms with E-state index in [9.17, 15) is 4.39 Å². The summed E-state index contributed by atoms with van der Waals surface area (Å²) in [6.07, 6.45) is 1.82. The van der Waals surface area contributed by atoms with E-state index in [0.29, 0.717) is 12.2 Å². The molecular formula is C22H25FIN5. The lowest BCUT2D eigenvalue weighted by atomic mass is 10.1. The van der Waals surface area contributed by atoms with Gasteiger partial charge >= 0.3 is 0 Å². The number of rotatable bonds is 3. The lowest BCUT2D eigenvalue weighted by Gasteiger charge is -2.37. The van der Waals surface area contributed by atoms with Crippen LogP contribution in [-0.4, -0.2) is 49.1 Å². The molecule has 4 rings (SSSR count). The first-order valence-electron chi connectivity index (χ1n) is 9.54. The zero-order valence-electron chi connectivity index (χ0n) is 16.4. The van der Waals surface area contributed by atoms with Crippen LogP contribution in [0.5, 0.6) is 0 Å². The number of piperazine rings is 1. The zero-order chi connectivity index (χ0) is 19.3. The molecule has 2 heterocycles. The van der Waals surface area contributed by atoms with Crippen LogP contribution in [0.2, 0.25) is 0 Å². The molecule has 3 aromatic rings. The van der Waals surface area contributed by atoms with Crippen LogP contribution in [0.3, 0.4) is 0 Å². The van der Waals surface area contributed by atoms with Crippen molar-refractivity contribution in [1.29, 1.82) is 0 Å². The van der Waals surface area contributed by atoms with Crippen molar-refractivity contribution in [2.75, 3.05) is 38.1 Å². The van der Waals surface area contributed by atoms with Gasteiger partial charge in [0.1, 0.15) is 5.82 Å². The Labute approximate surface area is 187 Å². The summed E-state index contributed by atoms with van der Waals surface area (Å²) in [5.41, 5.74) is 2.83. The summed E-state index contributed by atoms with van der Waals surface area (Å²) < 4.78 is 14.0. The van der Waals surface area contributed by atoms with Gasteiger partial charge in [0.15, 0.2) is 5.96 Å². The van der Waals surface area contributed by atoms with Gasteiger partial charge < -0.3 is 15.1 Å². The normalized spacial score (nSPS) is 14.6. The molecule has 1 aromatic heterocycles. The lowest BCUT2D eigenvalue weighted by Crippen LogP contribution is -2.52. The molecule has 1 fully saturated rings. The van der Waals surface area contributed by atoms with Gasteiger partial charge in [-0.2, -0.15) is 0 Å². The van der Waals surface area contributed by atoms with Crippen molar-refractivity contribution in [3.8, 4) is 0 Å². The smallest absolute Gasteiger partial charge is 0.194 e. The average molecular weight is 505 g/mol. The summed E-state index contributed by atoms with van der Waals surface area (Å²) >= 11 is 0. The maximum atomic E-state index is 14.0. The molecule has 0 radical (unpaired) electrons. The van der Waals surface area contributed by atoms with E-state index in [2.05, 4.69) is 49.4 Å². The van der Waals surface area contributed by atoms with Gasteiger partial charge in [0.2, 0.25) is 0 Å². The molecule has 0 atom stereocenters. The fraction of sp³-hybridized carbons (Fsp3) is 0.273. The number of benzene rings is 2. The second kappa shape index (κ2) is 9.87. The van der Waals surface area contributed by atoms with Gasteiger partial charge in [0.25, 0.3) is 0 Å². The van der Waals surface area contributed by atoms with E-state index in [1.165, 1.54) is 6.07 Å². The number of halogens is 2. The summed E-state index contributed by atoms with van der Waals surface area (Å²) in [7, 11) is 1.80. The molecule has 0 aliphatic carbocycles. The first-order valence-corrected chi connectivity index (χ1v) is 9.54. The highest BCUT2D eigenvalue weighted by molar-refractivity contribution is 14.0. The van der Waals surface area contributed by atoms with Gasteiger partial charge in [-0.05, 0) is 23.8 Å². The maximum absolute atomic E-state index is 14.0. The Hall–Kier alpha value is -2.42. The highest BCUT2D eigenvalue weighted by Gasteiger charge is 2.21. The van der Waals surface area contributed by atoms with Crippen molar-refractivity contribution in [3.05, 3.63) is 72.2 Å². The molecule has 1 N–H and O–H groups in total. The van der Waals surface area contributed by atoms with Gasteiger partial charge in [-0.1, -0.05) is 36.4 Å². The van der Waals surface area contributed by atoms with E-state index in [1.54, 1.807) is 13.1 Å². The van der Waals surface area contributed by atoms with Gasteiger partial charge in [0.05, 0.1) is 11.2 Å². The Morgan fingerprint density at radius 3 is 2.55 bits per heavy atom. The van der Waals surface area contributed by atoms with Crippen LogP contribution in [0.25, 0.3) is 10.9 Å². The topological polar surface area (TPSA) is 43.8 Å². The quantitative estimate of drug-likeness (QED) is 0.334. The minimum absolute atomic E-state index is 0. The Morgan fingerprint density at radius 1 is 1.03 bits per heavy atom. The van der Waals surface area contributed by atoms with E-state index in [1.807, 2.05) is 24.4 Å². The highest BCUT2D eigenvalue weighted by Crippen LogP contribution is 2.20. The predicted octanol–water partition coefficient (Wildman–Crippen LogP) is 3.89. The summed E-state index contributed by atoms with van der Waals surface area (Å²) in [6.45, 7) is 3.77. The van der Waals surface area contributed by atoms with E-state index >= 15 is 0 Å². The number of pyridine rings is 1. The minimum atomic E-state index is -0.165. The Balaban J connectivity index is 0.00000240. The third-order valence-electron chi connectivity index (χ3n) is 5.14. The molecule has 2 aromatic carbocycles. The zero-order valence-corrected chi connectivity index (χ0v) is 18.7. The largest absolute Gasteiger partial charge is 0.366 e. The molecular weight excluding hydrogens is 480 g/mol. The highest BCUT2D eigenvalue weighted by atomic mass is 127. The fourth-order valence-electron chi connectivity index (χ4n) is 3.68. The molecule has 0 bridgehead atoms. The third-order valence-corrected chi connectivity index (χ3v) is 5.14. The minimum Gasteiger partial charge on any atom is -0.366 e. The SMILES string of the molecule is CN=C(NCc1cccc2cccnc12)N1CCN(c2ccccc2F)CC1.I. The number of nitrogens with one attached hydrogen (secondary N) is 1.